The Morgan fingerprint density at radius 2 is 2.06 bits per heavy atom. The summed E-state index contributed by atoms with van der Waals surface area (Å²) in [7, 11) is 1.30. The minimum absolute atomic E-state index is 0.0259. The Bertz CT molecular complexity index is 1230. The molecule has 0 spiro atoms. The normalized spacial score (nSPS) is 17.3. The van der Waals surface area contributed by atoms with Crippen LogP contribution < -0.4 is 19.1 Å². The van der Waals surface area contributed by atoms with Crippen LogP contribution in [-0.4, -0.2) is 42.7 Å². The number of hydrogen-bond donors (Lipinski definition) is 0. The molecule has 1 aliphatic carbocycles. The Balaban J connectivity index is 1.53. The van der Waals surface area contributed by atoms with Crippen LogP contribution in [0.1, 0.15) is 30.9 Å². The fraction of sp³-hybridized carbons (Fsp3) is 0.375. The average Bonchev–Trinajstić information content (AvgIpc) is 3.57. The van der Waals surface area contributed by atoms with E-state index in [0.29, 0.717) is 47.3 Å². The molecule has 1 amide bonds. The molecule has 1 atom stereocenters. The average molecular weight is 486 g/mol. The van der Waals surface area contributed by atoms with E-state index in [-0.39, 0.29) is 17.5 Å². The molecule has 1 saturated carbocycles. The molecule has 35 heavy (non-hydrogen) atoms. The van der Waals surface area contributed by atoms with Gasteiger partial charge in [-0.2, -0.15) is 18.6 Å². The van der Waals surface area contributed by atoms with Crippen LogP contribution >= 0.6 is 0 Å². The lowest BCUT2D eigenvalue weighted by molar-refractivity contribution is -0.604. The van der Waals surface area contributed by atoms with Crippen molar-refractivity contribution in [3.8, 4) is 22.8 Å². The van der Waals surface area contributed by atoms with E-state index in [9.17, 15) is 18.8 Å². The zero-order chi connectivity index (χ0) is 24.5. The van der Waals surface area contributed by atoms with Crippen molar-refractivity contribution in [3.63, 3.8) is 0 Å². The van der Waals surface area contributed by atoms with Gasteiger partial charge in [0.05, 0.1) is 25.3 Å². The van der Waals surface area contributed by atoms with Gasteiger partial charge in [-0.1, -0.05) is 6.07 Å². The SMILES string of the molecule is COC(=O)N1CCC(c2ccc(OC(F)F)c(OCC3CC3)c2)n2nc(-c3ccc[n+]([O-])c3)cc21. The largest absolute Gasteiger partial charge is 0.619 e. The first-order valence-electron chi connectivity index (χ1n) is 11.3. The minimum Gasteiger partial charge on any atom is -0.619 e. The predicted octanol–water partition coefficient (Wildman–Crippen LogP) is 4.14. The van der Waals surface area contributed by atoms with Gasteiger partial charge in [-0.25, -0.2) is 9.48 Å². The first-order chi connectivity index (χ1) is 16.9. The van der Waals surface area contributed by atoms with Gasteiger partial charge in [0.2, 0.25) is 0 Å². The Kier molecular flexibility index (Phi) is 6.14. The summed E-state index contributed by atoms with van der Waals surface area (Å²) in [6, 6.07) is 9.63. The predicted molar refractivity (Wildman–Crippen MR) is 120 cm³/mol. The van der Waals surface area contributed by atoms with Gasteiger partial charge in [0.15, 0.2) is 23.9 Å². The smallest absolute Gasteiger partial charge is 0.415 e. The maximum atomic E-state index is 12.9. The van der Waals surface area contributed by atoms with Gasteiger partial charge in [0, 0.05) is 18.7 Å². The number of benzene rings is 1. The highest BCUT2D eigenvalue weighted by Gasteiger charge is 2.33. The molecule has 1 unspecified atom stereocenters. The van der Waals surface area contributed by atoms with Crippen LogP contribution in [0.4, 0.5) is 19.4 Å². The molecule has 3 heterocycles. The fourth-order valence-electron chi connectivity index (χ4n) is 4.18. The zero-order valence-corrected chi connectivity index (χ0v) is 19.0. The highest BCUT2D eigenvalue weighted by molar-refractivity contribution is 5.87. The van der Waals surface area contributed by atoms with Crippen molar-refractivity contribution >= 4 is 11.9 Å². The van der Waals surface area contributed by atoms with Crippen LogP contribution in [0.2, 0.25) is 0 Å². The number of ether oxygens (including phenoxy) is 3. The van der Waals surface area contributed by atoms with Crippen LogP contribution in [0, 0.1) is 11.1 Å². The first kappa shape index (κ1) is 22.9. The molecular weight excluding hydrogens is 462 g/mol. The molecule has 184 valence electrons. The van der Waals surface area contributed by atoms with Gasteiger partial charge in [0.25, 0.3) is 0 Å². The molecule has 11 heteroatoms. The fourth-order valence-corrected chi connectivity index (χ4v) is 4.18. The van der Waals surface area contributed by atoms with E-state index < -0.39 is 12.7 Å². The molecule has 3 aromatic rings. The van der Waals surface area contributed by atoms with Crippen LogP contribution in [0.25, 0.3) is 11.3 Å². The quantitative estimate of drug-likeness (QED) is 0.368. The zero-order valence-electron chi connectivity index (χ0n) is 19.0. The molecule has 0 N–H and O–H groups in total. The van der Waals surface area contributed by atoms with Crippen LogP contribution in [-0.2, 0) is 4.74 Å². The molecule has 1 aliphatic heterocycles. The molecule has 0 bridgehead atoms. The summed E-state index contributed by atoms with van der Waals surface area (Å²) in [4.78, 5) is 13.9. The number of halogens is 2. The molecule has 1 aromatic carbocycles. The van der Waals surface area contributed by atoms with E-state index in [1.807, 2.05) is 0 Å². The molecule has 9 nitrogen and oxygen atoms in total. The van der Waals surface area contributed by atoms with Gasteiger partial charge in [0.1, 0.15) is 11.5 Å². The minimum atomic E-state index is -2.97. The van der Waals surface area contributed by atoms with Crippen LogP contribution in [0.3, 0.4) is 0 Å². The number of rotatable bonds is 7. The third kappa shape index (κ3) is 4.84. The summed E-state index contributed by atoms with van der Waals surface area (Å²) >= 11 is 0. The van der Waals surface area contributed by atoms with Gasteiger partial charge >= 0.3 is 12.7 Å². The Morgan fingerprint density at radius 1 is 1.23 bits per heavy atom. The number of nitrogens with zero attached hydrogens (tertiary/aromatic N) is 4. The Hall–Kier alpha value is -3.89. The van der Waals surface area contributed by atoms with Crippen LogP contribution in [0.15, 0.2) is 48.8 Å². The third-order valence-corrected chi connectivity index (χ3v) is 6.12. The second-order valence-electron chi connectivity index (χ2n) is 8.55. The number of hydrogen-bond acceptors (Lipinski definition) is 6. The number of carbonyl (C=O) groups excluding carboxylic acids is 1. The maximum absolute atomic E-state index is 12.9. The molecule has 1 fully saturated rings. The summed E-state index contributed by atoms with van der Waals surface area (Å²) in [6.45, 7) is -2.18. The van der Waals surface area contributed by atoms with Crippen molar-refractivity contribution in [2.24, 2.45) is 5.92 Å². The molecule has 2 aliphatic rings. The second kappa shape index (κ2) is 9.40. The number of fused-ring (bicyclic) bond motifs is 1. The first-order valence-corrected chi connectivity index (χ1v) is 11.3. The highest BCUT2D eigenvalue weighted by atomic mass is 19.3. The Morgan fingerprint density at radius 3 is 2.77 bits per heavy atom. The topological polar surface area (TPSA) is 92.8 Å². The van der Waals surface area contributed by atoms with Gasteiger partial charge < -0.3 is 19.4 Å². The van der Waals surface area contributed by atoms with E-state index in [0.717, 1.165) is 18.4 Å². The van der Waals surface area contributed by atoms with Crippen molar-refractivity contribution in [2.75, 3.05) is 25.2 Å². The summed E-state index contributed by atoms with van der Waals surface area (Å²) in [6.07, 6.45) is 4.84. The molecule has 0 saturated heterocycles. The van der Waals surface area contributed by atoms with Gasteiger partial charge in [-0.05, 0) is 48.9 Å². The second-order valence-corrected chi connectivity index (χ2v) is 8.55. The molecule has 2 aromatic heterocycles. The Labute approximate surface area is 200 Å². The van der Waals surface area contributed by atoms with Crippen molar-refractivity contribution < 1.29 is 32.5 Å². The monoisotopic (exact) mass is 486 g/mol. The van der Waals surface area contributed by atoms with E-state index in [4.69, 9.17) is 14.6 Å². The number of amides is 1. The van der Waals surface area contributed by atoms with Gasteiger partial charge in [-0.3, -0.25) is 4.90 Å². The number of carbonyl (C=O) groups is 1. The lowest BCUT2D eigenvalue weighted by Gasteiger charge is -2.32. The molecule has 5 rings (SSSR count). The standard InChI is InChI=1S/C24H24F2N4O5/c1-33-24(31)29-10-8-19(30-22(29)12-18(27-30)17-3-2-9-28(32)13-17)16-6-7-20(35-23(25)26)21(11-16)34-14-15-4-5-15/h2-3,6-7,9,11-13,15,19,23H,4-5,8,10,14H2,1H3. The molecule has 0 radical (unpaired) electrons. The van der Waals surface area contributed by atoms with Crippen molar-refractivity contribution in [2.45, 2.75) is 31.9 Å². The van der Waals surface area contributed by atoms with Crippen molar-refractivity contribution in [3.05, 3.63) is 59.6 Å². The van der Waals surface area contributed by atoms with E-state index in [2.05, 4.69) is 4.74 Å². The number of methoxy groups -OCH3 is 1. The van der Waals surface area contributed by atoms with Crippen molar-refractivity contribution in [1.29, 1.82) is 0 Å². The third-order valence-electron chi connectivity index (χ3n) is 6.12. The number of aromatic nitrogens is 3. The number of anilines is 1. The summed E-state index contributed by atoms with van der Waals surface area (Å²) in [5, 5.41) is 16.5. The number of alkyl halides is 2. The summed E-state index contributed by atoms with van der Waals surface area (Å²) in [5.41, 5.74) is 1.86. The molecular formula is C24H24F2N4O5. The lowest BCUT2D eigenvalue weighted by Crippen LogP contribution is -2.39. The van der Waals surface area contributed by atoms with Crippen LogP contribution in [0.5, 0.6) is 11.5 Å². The summed E-state index contributed by atoms with van der Waals surface area (Å²) in [5.74, 6) is 1.14. The lowest BCUT2D eigenvalue weighted by atomic mass is 10.0. The summed E-state index contributed by atoms with van der Waals surface area (Å²) < 4.78 is 43.7. The maximum Gasteiger partial charge on any atom is 0.415 e. The van der Waals surface area contributed by atoms with Gasteiger partial charge in [-0.15, -0.1) is 0 Å². The number of pyridine rings is 1. The van der Waals surface area contributed by atoms with E-state index >= 15 is 0 Å². The van der Waals surface area contributed by atoms with Crippen molar-refractivity contribution in [1.82, 2.24) is 9.78 Å². The highest BCUT2D eigenvalue weighted by Crippen LogP contribution is 2.40. The van der Waals surface area contributed by atoms with E-state index in [1.54, 1.807) is 35.0 Å². The van der Waals surface area contributed by atoms with E-state index in [1.165, 1.54) is 30.5 Å².